The highest BCUT2D eigenvalue weighted by molar-refractivity contribution is 7.09. The Bertz CT molecular complexity index is 593. The number of nitrogens with zero attached hydrogens (tertiary/aromatic N) is 1. The van der Waals surface area contributed by atoms with Crippen LogP contribution < -0.4 is 11.3 Å². The maximum atomic E-state index is 9.76. The van der Waals surface area contributed by atoms with Crippen LogP contribution in [0.2, 0.25) is 0 Å². The van der Waals surface area contributed by atoms with Crippen LogP contribution in [0.3, 0.4) is 0 Å². The third kappa shape index (κ3) is 2.61. The largest absolute Gasteiger partial charge is 0.508 e. The number of phenols is 2. The third-order valence-electron chi connectivity index (χ3n) is 2.36. The molecule has 0 spiro atoms. The first kappa shape index (κ1) is 12.4. The first-order chi connectivity index (χ1) is 8.60. The summed E-state index contributed by atoms with van der Waals surface area (Å²) in [6.07, 6.45) is 1.73. The molecule has 0 radical (unpaired) electrons. The summed E-state index contributed by atoms with van der Waals surface area (Å²) in [5.41, 5.74) is 4.31. The van der Waals surface area contributed by atoms with Crippen molar-refractivity contribution in [2.45, 2.75) is 6.92 Å². The lowest BCUT2D eigenvalue weighted by Gasteiger charge is -2.08. The molecule has 94 valence electrons. The lowest BCUT2D eigenvalue weighted by Crippen LogP contribution is -2.19. The first-order valence-electron chi connectivity index (χ1n) is 5.23. The van der Waals surface area contributed by atoms with Gasteiger partial charge in [-0.3, -0.25) is 5.84 Å². The minimum absolute atomic E-state index is 0.00266. The van der Waals surface area contributed by atoms with E-state index in [2.05, 4.69) is 10.4 Å². The summed E-state index contributed by atoms with van der Waals surface area (Å²) in [7, 11) is 0. The van der Waals surface area contributed by atoms with E-state index in [1.54, 1.807) is 12.1 Å². The standard InChI is InChI=1S/C12H13N3O2S/c1-7-14-8(6-18-7)4-11(15-13)10-3-2-9(16)5-12(10)17/h2-6,15-17H,13H2,1H3/b11-4+. The van der Waals surface area contributed by atoms with Gasteiger partial charge in [-0.25, -0.2) is 4.98 Å². The Morgan fingerprint density at radius 2 is 2.22 bits per heavy atom. The van der Waals surface area contributed by atoms with Crippen molar-refractivity contribution in [3.63, 3.8) is 0 Å². The van der Waals surface area contributed by atoms with Crippen molar-refractivity contribution in [2.75, 3.05) is 0 Å². The maximum Gasteiger partial charge on any atom is 0.128 e. The second kappa shape index (κ2) is 5.07. The normalized spacial score (nSPS) is 11.6. The number of aryl methyl sites for hydroxylation is 1. The number of benzene rings is 1. The Kier molecular flexibility index (Phi) is 3.50. The molecule has 0 saturated carbocycles. The zero-order valence-electron chi connectivity index (χ0n) is 9.71. The van der Waals surface area contributed by atoms with Crippen LogP contribution in [-0.4, -0.2) is 15.2 Å². The van der Waals surface area contributed by atoms with E-state index in [9.17, 15) is 10.2 Å². The minimum Gasteiger partial charge on any atom is -0.508 e. The second-order valence-electron chi connectivity index (χ2n) is 3.70. The van der Waals surface area contributed by atoms with E-state index < -0.39 is 0 Å². The highest BCUT2D eigenvalue weighted by Crippen LogP contribution is 2.28. The van der Waals surface area contributed by atoms with E-state index in [4.69, 9.17) is 5.84 Å². The fourth-order valence-corrected chi connectivity index (χ4v) is 2.11. The molecule has 0 aliphatic heterocycles. The van der Waals surface area contributed by atoms with Crippen molar-refractivity contribution in [2.24, 2.45) is 5.84 Å². The Balaban J connectivity index is 2.42. The molecule has 6 heteroatoms. The number of phenolic OH excluding ortho intramolecular Hbond substituents is 2. The van der Waals surface area contributed by atoms with E-state index in [0.29, 0.717) is 11.3 Å². The smallest absolute Gasteiger partial charge is 0.128 e. The molecule has 2 aromatic rings. The summed E-state index contributed by atoms with van der Waals surface area (Å²) in [6, 6.07) is 4.31. The van der Waals surface area contributed by atoms with Gasteiger partial charge in [0.05, 0.1) is 16.4 Å². The van der Waals surface area contributed by atoms with Crippen LogP contribution >= 0.6 is 11.3 Å². The van der Waals surface area contributed by atoms with Gasteiger partial charge in [-0.2, -0.15) is 0 Å². The van der Waals surface area contributed by atoms with Crippen LogP contribution in [0.4, 0.5) is 0 Å². The monoisotopic (exact) mass is 263 g/mol. The van der Waals surface area contributed by atoms with Crippen molar-refractivity contribution >= 4 is 23.1 Å². The van der Waals surface area contributed by atoms with Gasteiger partial charge in [0, 0.05) is 17.0 Å². The average Bonchev–Trinajstić information content (AvgIpc) is 2.72. The zero-order chi connectivity index (χ0) is 13.1. The van der Waals surface area contributed by atoms with E-state index >= 15 is 0 Å². The summed E-state index contributed by atoms with van der Waals surface area (Å²) < 4.78 is 0. The van der Waals surface area contributed by atoms with Gasteiger partial charge in [0.1, 0.15) is 11.5 Å². The number of hydrogen-bond donors (Lipinski definition) is 4. The molecule has 5 nitrogen and oxygen atoms in total. The first-order valence-corrected chi connectivity index (χ1v) is 6.11. The highest BCUT2D eigenvalue weighted by Gasteiger charge is 2.08. The van der Waals surface area contributed by atoms with Crippen LogP contribution in [-0.2, 0) is 0 Å². The van der Waals surface area contributed by atoms with Crippen LogP contribution in [0, 0.1) is 6.92 Å². The van der Waals surface area contributed by atoms with Crippen LogP contribution in [0.1, 0.15) is 16.3 Å². The van der Waals surface area contributed by atoms with E-state index in [1.807, 2.05) is 12.3 Å². The molecular weight excluding hydrogens is 250 g/mol. The summed E-state index contributed by atoms with van der Waals surface area (Å²) >= 11 is 1.53. The topological polar surface area (TPSA) is 91.4 Å². The van der Waals surface area contributed by atoms with Gasteiger partial charge in [-0.05, 0) is 25.1 Å². The number of aromatic nitrogens is 1. The quantitative estimate of drug-likeness (QED) is 0.501. The van der Waals surface area contributed by atoms with Gasteiger partial charge in [0.25, 0.3) is 0 Å². The van der Waals surface area contributed by atoms with Crippen molar-refractivity contribution in [1.82, 2.24) is 10.4 Å². The minimum atomic E-state index is -0.0499. The van der Waals surface area contributed by atoms with Crippen LogP contribution in [0.5, 0.6) is 11.5 Å². The molecule has 0 amide bonds. The Hall–Kier alpha value is -2.05. The molecule has 0 unspecified atom stereocenters. The molecule has 0 bridgehead atoms. The van der Waals surface area contributed by atoms with Crippen molar-refractivity contribution in [3.8, 4) is 11.5 Å². The predicted octanol–water partition coefficient (Wildman–Crippen LogP) is 1.82. The molecule has 18 heavy (non-hydrogen) atoms. The molecule has 0 saturated heterocycles. The Morgan fingerprint density at radius 1 is 1.44 bits per heavy atom. The summed E-state index contributed by atoms with van der Waals surface area (Å²) in [5.74, 6) is 5.40. The predicted molar refractivity (Wildman–Crippen MR) is 71.8 cm³/mol. The number of hydrazine groups is 1. The van der Waals surface area contributed by atoms with Gasteiger partial charge in [0.15, 0.2) is 0 Å². The maximum absolute atomic E-state index is 9.76. The van der Waals surface area contributed by atoms with Gasteiger partial charge in [-0.15, -0.1) is 11.3 Å². The van der Waals surface area contributed by atoms with Gasteiger partial charge in [0.2, 0.25) is 0 Å². The van der Waals surface area contributed by atoms with Gasteiger partial charge in [-0.1, -0.05) is 0 Å². The highest BCUT2D eigenvalue weighted by atomic mass is 32.1. The molecule has 1 heterocycles. The fraction of sp³-hybridized carbons (Fsp3) is 0.0833. The Morgan fingerprint density at radius 3 is 2.78 bits per heavy atom. The molecule has 0 aliphatic carbocycles. The Labute approximate surface area is 108 Å². The van der Waals surface area contributed by atoms with Crippen LogP contribution in [0.25, 0.3) is 11.8 Å². The van der Waals surface area contributed by atoms with Crippen molar-refractivity contribution in [1.29, 1.82) is 0 Å². The van der Waals surface area contributed by atoms with Crippen molar-refractivity contribution < 1.29 is 10.2 Å². The average molecular weight is 263 g/mol. The molecular formula is C12H13N3O2S. The zero-order valence-corrected chi connectivity index (χ0v) is 10.5. The van der Waals surface area contributed by atoms with E-state index in [-0.39, 0.29) is 11.5 Å². The summed E-state index contributed by atoms with van der Waals surface area (Å²) in [5, 5.41) is 21.8. The molecule has 0 fully saturated rings. The number of thiazole rings is 1. The number of nitrogens with one attached hydrogen (secondary N) is 1. The number of aromatic hydroxyl groups is 2. The lowest BCUT2D eigenvalue weighted by atomic mass is 10.1. The summed E-state index contributed by atoms with van der Waals surface area (Å²) in [6.45, 7) is 1.91. The SMILES string of the molecule is Cc1nc(/C=C(/NN)c2ccc(O)cc2O)cs1. The van der Waals surface area contributed by atoms with Crippen molar-refractivity contribution in [3.05, 3.63) is 39.8 Å². The van der Waals surface area contributed by atoms with E-state index in [1.165, 1.54) is 23.5 Å². The molecule has 2 rings (SSSR count). The molecule has 0 aliphatic rings. The molecule has 1 aromatic carbocycles. The second-order valence-corrected chi connectivity index (χ2v) is 4.76. The van der Waals surface area contributed by atoms with E-state index in [0.717, 1.165) is 10.7 Å². The lowest BCUT2D eigenvalue weighted by molar-refractivity contribution is 0.449. The molecule has 5 N–H and O–H groups in total. The summed E-state index contributed by atoms with van der Waals surface area (Å²) in [4.78, 5) is 4.29. The van der Waals surface area contributed by atoms with Gasteiger partial charge >= 0.3 is 0 Å². The third-order valence-corrected chi connectivity index (χ3v) is 3.15. The fourth-order valence-electron chi connectivity index (χ4n) is 1.54. The molecule has 0 atom stereocenters. The number of nitrogens with two attached hydrogens (primary N) is 1. The number of rotatable bonds is 3. The number of hydrogen-bond acceptors (Lipinski definition) is 6. The van der Waals surface area contributed by atoms with Gasteiger partial charge < -0.3 is 15.6 Å². The molecule has 1 aromatic heterocycles. The van der Waals surface area contributed by atoms with Crippen LogP contribution in [0.15, 0.2) is 23.6 Å².